The Bertz CT molecular complexity index is 518. The van der Waals surface area contributed by atoms with Crippen molar-refractivity contribution in [3.8, 4) is 0 Å². The Morgan fingerprint density at radius 2 is 1.96 bits per heavy atom. The molecule has 1 saturated carbocycles. The molecule has 24 heavy (non-hydrogen) atoms. The molecular weight excluding hydrogens is 324 g/mol. The third-order valence-corrected chi connectivity index (χ3v) is 4.78. The average molecular weight is 350 g/mol. The Hall–Kier alpha value is -1.69. The van der Waals surface area contributed by atoms with Gasteiger partial charge >= 0.3 is 6.09 Å². The van der Waals surface area contributed by atoms with Crippen molar-refractivity contribution in [3.05, 3.63) is 35.9 Å². The SMILES string of the molecule is CSCC[C@H](NC(=O)OCc1ccccc1)C(=O)NC1CCCC1. The van der Waals surface area contributed by atoms with Gasteiger partial charge in [0.15, 0.2) is 0 Å². The van der Waals surface area contributed by atoms with E-state index in [1.54, 1.807) is 11.8 Å². The van der Waals surface area contributed by atoms with Crippen LogP contribution in [0.3, 0.4) is 0 Å². The van der Waals surface area contributed by atoms with Gasteiger partial charge in [-0.15, -0.1) is 0 Å². The monoisotopic (exact) mass is 350 g/mol. The molecule has 0 aliphatic heterocycles. The molecule has 132 valence electrons. The first-order valence-electron chi connectivity index (χ1n) is 8.45. The van der Waals surface area contributed by atoms with Crippen LogP contribution in [-0.4, -0.2) is 36.1 Å². The molecule has 0 aromatic heterocycles. The Kier molecular flexibility index (Phi) is 7.95. The molecule has 2 amide bonds. The number of alkyl carbamates (subject to hydrolysis) is 1. The molecule has 0 radical (unpaired) electrons. The highest BCUT2D eigenvalue weighted by Gasteiger charge is 2.25. The summed E-state index contributed by atoms with van der Waals surface area (Å²) in [6.07, 6.45) is 6.41. The normalized spacial score (nSPS) is 15.7. The summed E-state index contributed by atoms with van der Waals surface area (Å²) in [5.41, 5.74) is 0.920. The van der Waals surface area contributed by atoms with Crippen molar-refractivity contribution in [2.75, 3.05) is 12.0 Å². The van der Waals surface area contributed by atoms with Gasteiger partial charge in [0.05, 0.1) is 0 Å². The molecule has 0 saturated heterocycles. The number of thioether (sulfide) groups is 1. The van der Waals surface area contributed by atoms with Crippen LogP contribution in [0.2, 0.25) is 0 Å². The predicted molar refractivity (Wildman–Crippen MR) is 96.9 cm³/mol. The first kappa shape index (κ1) is 18.6. The van der Waals surface area contributed by atoms with Crippen LogP contribution >= 0.6 is 11.8 Å². The van der Waals surface area contributed by atoms with Gasteiger partial charge in [0, 0.05) is 6.04 Å². The summed E-state index contributed by atoms with van der Waals surface area (Å²) in [7, 11) is 0. The zero-order valence-corrected chi connectivity index (χ0v) is 14.9. The molecule has 5 nitrogen and oxygen atoms in total. The lowest BCUT2D eigenvalue weighted by atomic mass is 10.2. The van der Waals surface area contributed by atoms with Crippen LogP contribution in [-0.2, 0) is 16.1 Å². The molecule has 1 aromatic carbocycles. The van der Waals surface area contributed by atoms with Crippen LogP contribution in [0.4, 0.5) is 4.79 Å². The number of benzene rings is 1. The second-order valence-corrected chi connectivity index (χ2v) is 7.02. The molecule has 0 unspecified atom stereocenters. The maximum absolute atomic E-state index is 12.4. The second kappa shape index (κ2) is 10.2. The number of nitrogens with one attached hydrogen (secondary N) is 2. The fraction of sp³-hybridized carbons (Fsp3) is 0.556. The maximum atomic E-state index is 12.4. The van der Waals surface area contributed by atoms with Gasteiger partial charge in [-0.1, -0.05) is 43.2 Å². The number of amides is 2. The third-order valence-electron chi connectivity index (χ3n) is 4.13. The molecule has 1 aromatic rings. The van der Waals surface area contributed by atoms with E-state index in [0.717, 1.165) is 37.0 Å². The van der Waals surface area contributed by atoms with Crippen LogP contribution in [0.1, 0.15) is 37.7 Å². The van der Waals surface area contributed by atoms with E-state index in [4.69, 9.17) is 4.74 Å². The summed E-state index contributed by atoms with van der Waals surface area (Å²) in [4.78, 5) is 24.4. The Morgan fingerprint density at radius 3 is 2.62 bits per heavy atom. The van der Waals surface area contributed by atoms with E-state index in [2.05, 4.69) is 10.6 Å². The van der Waals surface area contributed by atoms with E-state index < -0.39 is 12.1 Å². The Labute approximate surface area is 147 Å². The average Bonchev–Trinajstić information content (AvgIpc) is 3.10. The van der Waals surface area contributed by atoms with Gasteiger partial charge in [0.1, 0.15) is 12.6 Å². The fourth-order valence-electron chi connectivity index (χ4n) is 2.78. The summed E-state index contributed by atoms with van der Waals surface area (Å²) < 4.78 is 5.22. The number of rotatable bonds is 8. The van der Waals surface area contributed by atoms with Gasteiger partial charge in [-0.25, -0.2) is 4.79 Å². The lowest BCUT2D eigenvalue weighted by Crippen LogP contribution is -2.49. The topological polar surface area (TPSA) is 67.4 Å². The maximum Gasteiger partial charge on any atom is 0.408 e. The minimum Gasteiger partial charge on any atom is -0.445 e. The van der Waals surface area contributed by atoms with E-state index in [0.29, 0.717) is 6.42 Å². The Morgan fingerprint density at radius 1 is 1.25 bits per heavy atom. The molecule has 6 heteroatoms. The summed E-state index contributed by atoms with van der Waals surface area (Å²) in [6.45, 7) is 0.201. The molecule has 0 bridgehead atoms. The van der Waals surface area contributed by atoms with Crippen molar-refractivity contribution in [1.29, 1.82) is 0 Å². The van der Waals surface area contributed by atoms with E-state index in [-0.39, 0.29) is 18.6 Å². The van der Waals surface area contributed by atoms with Crippen LogP contribution in [0.15, 0.2) is 30.3 Å². The quantitative estimate of drug-likeness (QED) is 0.756. The predicted octanol–water partition coefficient (Wildman–Crippen LogP) is 3.09. The smallest absolute Gasteiger partial charge is 0.408 e. The molecule has 0 heterocycles. The van der Waals surface area contributed by atoms with Crippen molar-refractivity contribution in [2.45, 2.75) is 50.8 Å². The molecule has 1 aliphatic carbocycles. The van der Waals surface area contributed by atoms with Crippen LogP contribution in [0, 0.1) is 0 Å². The highest BCUT2D eigenvalue weighted by molar-refractivity contribution is 7.98. The molecule has 2 rings (SSSR count). The van der Waals surface area contributed by atoms with Crippen LogP contribution in [0.25, 0.3) is 0 Å². The summed E-state index contributed by atoms with van der Waals surface area (Å²) in [5, 5.41) is 5.76. The fourth-order valence-corrected chi connectivity index (χ4v) is 3.25. The first-order valence-corrected chi connectivity index (χ1v) is 9.85. The van der Waals surface area contributed by atoms with Gasteiger partial charge in [-0.05, 0) is 36.8 Å². The first-order chi connectivity index (χ1) is 11.7. The van der Waals surface area contributed by atoms with Crippen molar-refractivity contribution < 1.29 is 14.3 Å². The van der Waals surface area contributed by atoms with E-state index in [9.17, 15) is 9.59 Å². The zero-order chi connectivity index (χ0) is 17.2. The Balaban J connectivity index is 1.82. The molecular formula is C18H26N2O3S. The van der Waals surface area contributed by atoms with Crippen molar-refractivity contribution in [3.63, 3.8) is 0 Å². The van der Waals surface area contributed by atoms with Gasteiger partial charge in [0.2, 0.25) is 5.91 Å². The van der Waals surface area contributed by atoms with Gasteiger partial charge in [-0.3, -0.25) is 4.79 Å². The third kappa shape index (κ3) is 6.43. The van der Waals surface area contributed by atoms with Crippen LogP contribution in [0.5, 0.6) is 0 Å². The number of carbonyl (C=O) groups excluding carboxylic acids is 2. The van der Waals surface area contributed by atoms with E-state index >= 15 is 0 Å². The van der Waals surface area contributed by atoms with Crippen molar-refractivity contribution in [1.82, 2.24) is 10.6 Å². The lowest BCUT2D eigenvalue weighted by molar-refractivity contribution is -0.123. The highest BCUT2D eigenvalue weighted by Crippen LogP contribution is 2.18. The van der Waals surface area contributed by atoms with Gasteiger partial charge in [0.25, 0.3) is 0 Å². The molecule has 1 fully saturated rings. The standard InChI is InChI=1S/C18H26N2O3S/c1-24-12-11-16(17(21)19-15-9-5-6-10-15)20-18(22)23-13-14-7-3-2-4-8-14/h2-4,7-8,15-16H,5-6,9-13H2,1H3,(H,19,21)(H,20,22)/t16-/m0/s1. The molecule has 2 N–H and O–H groups in total. The largest absolute Gasteiger partial charge is 0.445 e. The molecule has 0 spiro atoms. The number of carbonyl (C=O) groups is 2. The zero-order valence-electron chi connectivity index (χ0n) is 14.1. The summed E-state index contributed by atoms with van der Waals surface area (Å²) in [5.74, 6) is 0.703. The molecule has 1 aliphatic rings. The minimum atomic E-state index is -0.550. The number of hydrogen-bond acceptors (Lipinski definition) is 4. The van der Waals surface area contributed by atoms with Crippen LogP contribution < -0.4 is 10.6 Å². The summed E-state index contributed by atoms with van der Waals surface area (Å²) in [6, 6.07) is 9.20. The van der Waals surface area contributed by atoms with Gasteiger partial charge in [-0.2, -0.15) is 11.8 Å². The van der Waals surface area contributed by atoms with Crippen molar-refractivity contribution >= 4 is 23.8 Å². The molecule has 1 atom stereocenters. The van der Waals surface area contributed by atoms with Gasteiger partial charge < -0.3 is 15.4 Å². The number of ether oxygens (including phenoxy) is 1. The lowest BCUT2D eigenvalue weighted by Gasteiger charge is -2.20. The summed E-state index contributed by atoms with van der Waals surface area (Å²) >= 11 is 1.66. The van der Waals surface area contributed by atoms with E-state index in [1.165, 1.54) is 0 Å². The second-order valence-electron chi connectivity index (χ2n) is 6.03. The number of hydrogen-bond donors (Lipinski definition) is 2. The minimum absolute atomic E-state index is 0.104. The highest BCUT2D eigenvalue weighted by atomic mass is 32.2. The van der Waals surface area contributed by atoms with Crippen molar-refractivity contribution in [2.24, 2.45) is 0 Å². The van der Waals surface area contributed by atoms with E-state index in [1.807, 2.05) is 36.6 Å².